The van der Waals surface area contributed by atoms with Crippen LogP contribution in [0.25, 0.3) is 0 Å². The SMILES string of the molecule is Cc1ccc(NC(=O)c2nnc(CN3CC4CCC3C4)s2)cc1. The molecule has 4 rings (SSSR count). The van der Waals surface area contributed by atoms with Crippen LogP contribution in [-0.2, 0) is 6.54 Å². The lowest BCUT2D eigenvalue weighted by Gasteiger charge is -2.25. The second-order valence-electron chi connectivity index (χ2n) is 6.58. The van der Waals surface area contributed by atoms with Gasteiger partial charge in [-0.05, 0) is 44.2 Å². The lowest BCUT2D eigenvalue weighted by Crippen LogP contribution is -2.31. The molecule has 2 aromatic rings. The molecule has 5 nitrogen and oxygen atoms in total. The van der Waals surface area contributed by atoms with Gasteiger partial charge in [-0.1, -0.05) is 29.0 Å². The number of amides is 1. The maximum Gasteiger partial charge on any atom is 0.286 e. The number of hydrogen-bond donors (Lipinski definition) is 1. The van der Waals surface area contributed by atoms with Crippen LogP contribution in [0.15, 0.2) is 24.3 Å². The Morgan fingerprint density at radius 3 is 2.83 bits per heavy atom. The van der Waals surface area contributed by atoms with E-state index in [1.54, 1.807) is 0 Å². The molecular weight excluding hydrogens is 308 g/mol. The number of fused-ring (bicyclic) bond motifs is 2. The molecule has 1 aliphatic carbocycles. The van der Waals surface area contributed by atoms with Crippen molar-refractivity contribution in [1.29, 1.82) is 0 Å². The third-order valence-electron chi connectivity index (χ3n) is 4.83. The first-order valence-electron chi connectivity index (χ1n) is 8.12. The minimum absolute atomic E-state index is 0.180. The van der Waals surface area contributed by atoms with E-state index in [0.717, 1.165) is 23.2 Å². The average molecular weight is 328 g/mol. The molecule has 1 amide bonds. The molecule has 1 saturated carbocycles. The van der Waals surface area contributed by atoms with E-state index in [1.165, 1.54) is 42.7 Å². The third kappa shape index (κ3) is 3.14. The number of likely N-dealkylation sites (tertiary alicyclic amines) is 1. The van der Waals surface area contributed by atoms with Crippen LogP contribution in [0.1, 0.15) is 39.6 Å². The summed E-state index contributed by atoms with van der Waals surface area (Å²) in [6.45, 7) is 4.03. The molecule has 2 fully saturated rings. The Kier molecular flexibility index (Phi) is 3.87. The van der Waals surface area contributed by atoms with Gasteiger partial charge in [0.1, 0.15) is 5.01 Å². The normalized spacial score (nSPS) is 23.3. The van der Waals surface area contributed by atoms with Crippen molar-refractivity contribution in [2.24, 2.45) is 5.92 Å². The number of carbonyl (C=O) groups is 1. The summed E-state index contributed by atoms with van der Waals surface area (Å²) in [7, 11) is 0. The number of nitrogens with zero attached hydrogens (tertiary/aromatic N) is 3. The first-order valence-corrected chi connectivity index (χ1v) is 8.93. The standard InChI is InChI=1S/C17H20N4OS/c1-11-2-5-13(6-3-11)18-16(22)17-20-19-15(23-17)10-21-9-12-4-7-14(21)8-12/h2-3,5-6,12,14H,4,7-10H2,1H3,(H,18,22). The molecule has 1 aromatic heterocycles. The summed E-state index contributed by atoms with van der Waals surface area (Å²) in [5.41, 5.74) is 1.95. The Hall–Kier alpha value is -1.79. The van der Waals surface area contributed by atoms with Crippen LogP contribution in [0.3, 0.4) is 0 Å². The topological polar surface area (TPSA) is 58.1 Å². The van der Waals surface area contributed by atoms with E-state index in [9.17, 15) is 4.79 Å². The minimum atomic E-state index is -0.180. The quantitative estimate of drug-likeness (QED) is 0.937. The van der Waals surface area contributed by atoms with Gasteiger partial charge in [-0.2, -0.15) is 0 Å². The zero-order valence-electron chi connectivity index (χ0n) is 13.2. The summed E-state index contributed by atoms with van der Waals surface area (Å²) in [5, 5.41) is 12.5. The molecule has 0 spiro atoms. The second kappa shape index (κ2) is 6.02. The molecule has 2 heterocycles. The number of aromatic nitrogens is 2. The molecule has 1 aromatic carbocycles. The van der Waals surface area contributed by atoms with Gasteiger partial charge in [0.15, 0.2) is 0 Å². The van der Waals surface area contributed by atoms with Gasteiger partial charge in [0.05, 0.1) is 6.54 Å². The van der Waals surface area contributed by atoms with E-state index >= 15 is 0 Å². The lowest BCUT2D eigenvalue weighted by molar-refractivity contribution is 0.102. The molecule has 2 aliphatic rings. The lowest BCUT2D eigenvalue weighted by atomic mass is 10.1. The highest BCUT2D eigenvalue weighted by Crippen LogP contribution is 2.38. The minimum Gasteiger partial charge on any atom is -0.320 e. The number of piperidine rings is 1. The predicted octanol–water partition coefficient (Wildman–Crippen LogP) is 3.08. The molecule has 1 N–H and O–H groups in total. The number of aryl methyl sites for hydroxylation is 1. The highest BCUT2D eigenvalue weighted by atomic mass is 32.1. The first-order chi connectivity index (χ1) is 11.2. The van der Waals surface area contributed by atoms with Gasteiger partial charge in [-0.3, -0.25) is 9.69 Å². The Bertz CT molecular complexity index is 712. The first kappa shape index (κ1) is 14.8. The monoisotopic (exact) mass is 328 g/mol. The molecule has 1 aliphatic heterocycles. The van der Waals surface area contributed by atoms with Crippen molar-refractivity contribution in [3.63, 3.8) is 0 Å². The largest absolute Gasteiger partial charge is 0.320 e. The van der Waals surface area contributed by atoms with E-state index < -0.39 is 0 Å². The van der Waals surface area contributed by atoms with E-state index in [1.807, 2.05) is 31.2 Å². The van der Waals surface area contributed by atoms with Crippen molar-refractivity contribution < 1.29 is 4.79 Å². The van der Waals surface area contributed by atoms with Gasteiger partial charge in [-0.25, -0.2) is 0 Å². The zero-order chi connectivity index (χ0) is 15.8. The van der Waals surface area contributed by atoms with Crippen LogP contribution < -0.4 is 5.32 Å². The molecule has 6 heteroatoms. The zero-order valence-corrected chi connectivity index (χ0v) is 14.0. The summed E-state index contributed by atoms with van der Waals surface area (Å²) in [6.07, 6.45) is 4.02. The summed E-state index contributed by atoms with van der Waals surface area (Å²) in [6, 6.07) is 8.47. The predicted molar refractivity (Wildman–Crippen MR) is 90.6 cm³/mol. The number of hydrogen-bond acceptors (Lipinski definition) is 5. The maximum absolute atomic E-state index is 12.3. The summed E-state index contributed by atoms with van der Waals surface area (Å²) in [4.78, 5) is 14.8. The fourth-order valence-electron chi connectivity index (χ4n) is 3.62. The molecule has 120 valence electrons. The number of carbonyl (C=O) groups excluding carboxylic acids is 1. The highest BCUT2D eigenvalue weighted by Gasteiger charge is 2.37. The van der Waals surface area contributed by atoms with Crippen LogP contribution in [0, 0.1) is 12.8 Å². The van der Waals surface area contributed by atoms with Crippen molar-refractivity contribution in [3.8, 4) is 0 Å². The molecule has 2 atom stereocenters. The Morgan fingerprint density at radius 1 is 1.30 bits per heavy atom. The molecule has 23 heavy (non-hydrogen) atoms. The van der Waals surface area contributed by atoms with E-state index in [-0.39, 0.29) is 5.91 Å². The van der Waals surface area contributed by atoms with Gasteiger partial charge in [-0.15, -0.1) is 10.2 Å². The number of rotatable bonds is 4. The third-order valence-corrected chi connectivity index (χ3v) is 5.74. The van der Waals surface area contributed by atoms with Crippen molar-refractivity contribution in [2.75, 3.05) is 11.9 Å². The maximum atomic E-state index is 12.3. The molecular formula is C17H20N4OS. The van der Waals surface area contributed by atoms with Gasteiger partial charge in [0, 0.05) is 18.3 Å². The van der Waals surface area contributed by atoms with Crippen LogP contribution in [0.2, 0.25) is 0 Å². The highest BCUT2D eigenvalue weighted by molar-refractivity contribution is 7.13. The van der Waals surface area contributed by atoms with Crippen LogP contribution >= 0.6 is 11.3 Å². The van der Waals surface area contributed by atoms with E-state index in [4.69, 9.17) is 0 Å². The van der Waals surface area contributed by atoms with Crippen molar-refractivity contribution in [2.45, 2.75) is 38.8 Å². The summed E-state index contributed by atoms with van der Waals surface area (Å²) in [5.74, 6) is 0.692. The van der Waals surface area contributed by atoms with Crippen molar-refractivity contribution >= 4 is 22.9 Å². The molecule has 2 bridgehead atoms. The van der Waals surface area contributed by atoms with E-state index in [2.05, 4.69) is 20.4 Å². The van der Waals surface area contributed by atoms with Gasteiger partial charge in [0.2, 0.25) is 5.01 Å². The second-order valence-corrected chi connectivity index (χ2v) is 7.65. The Labute approximate surface area is 139 Å². The van der Waals surface area contributed by atoms with Crippen LogP contribution in [-0.4, -0.2) is 33.6 Å². The smallest absolute Gasteiger partial charge is 0.286 e. The summed E-state index contributed by atoms with van der Waals surface area (Å²) >= 11 is 1.40. The number of nitrogens with one attached hydrogen (secondary N) is 1. The van der Waals surface area contributed by atoms with Crippen LogP contribution in [0.4, 0.5) is 5.69 Å². The van der Waals surface area contributed by atoms with Gasteiger partial charge < -0.3 is 5.32 Å². The number of anilines is 1. The van der Waals surface area contributed by atoms with Gasteiger partial charge in [0.25, 0.3) is 5.91 Å². The average Bonchev–Trinajstić information content (AvgIpc) is 3.26. The Morgan fingerprint density at radius 2 is 2.13 bits per heavy atom. The molecule has 1 saturated heterocycles. The molecule has 2 unspecified atom stereocenters. The fraction of sp³-hybridized carbons (Fsp3) is 0.471. The van der Waals surface area contributed by atoms with Crippen molar-refractivity contribution in [1.82, 2.24) is 15.1 Å². The van der Waals surface area contributed by atoms with Crippen molar-refractivity contribution in [3.05, 3.63) is 39.8 Å². The summed E-state index contributed by atoms with van der Waals surface area (Å²) < 4.78 is 0. The number of benzene rings is 1. The Balaban J connectivity index is 1.39. The van der Waals surface area contributed by atoms with Crippen LogP contribution in [0.5, 0.6) is 0 Å². The fourth-order valence-corrected chi connectivity index (χ4v) is 4.39. The molecule has 0 radical (unpaired) electrons. The van der Waals surface area contributed by atoms with E-state index in [0.29, 0.717) is 11.0 Å². The van der Waals surface area contributed by atoms with Gasteiger partial charge >= 0.3 is 0 Å².